The molecule has 1 heterocycles. The molecule has 12 heavy (non-hydrogen) atoms. The van der Waals surface area contributed by atoms with E-state index in [9.17, 15) is 0 Å². The Labute approximate surface area is 74.7 Å². The fourth-order valence-corrected chi connectivity index (χ4v) is 2.32. The lowest BCUT2D eigenvalue weighted by atomic mass is 9.70. The van der Waals surface area contributed by atoms with E-state index in [1.807, 2.05) is 0 Å². The average Bonchev–Trinajstić information content (AvgIpc) is 1.79. The van der Waals surface area contributed by atoms with Crippen LogP contribution >= 0.6 is 0 Å². The lowest BCUT2D eigenvalue weighted by Crippen LogP contribution is -2.44. The summed E-state index contributed by atoms with van der Waals surface area (Å²) in [5.41, 5.74) is 0. The monoisotopic (exact) mass is 169 g/mol. The second-order valence-electron chi connectivity index (χ2n) is 4.21. The topological polar surface area (TPSA) is 21.3 Å². The van der Waals surface area contributed by atoms with Crippen molar-refractivity contribution in [2.24, 2.45) is 17.8 Å². The van der Waals surface area contributed by atoms with Crippen molar-refractivity contribution in [2.75, 3.05) is 26.8 Å². The van der Waals surface area contributed by atoms with E-state index in [4.69, 9.17) is 4.74 Å². The van der Waals surface area contributed by atoms with Gasteiger partial charge < -0.3 is 10.1 Å². The first kappa shape index (κ1) is 8.52. The Kier molecular flexibility index (Phi) is 2.66. The molecule has 1 unspecified atom stereocenters. The highest BCUT2D eigenvalue weighted by atomic mass is 16.5. The molecule has 0 aromatic rings. The number of rotatable bonds is 4. The number of hydrogen-bond acceptors (Lipinski definition) is 2. The highest BCUT2D eigenvalue weighted by molar-refractivity contribution is 4.86. The molecule has 0 aromatic heterocycles. The van der Waals surface area contributed by atoms with E-state index in [1.54, 1.807) is 0 Å². The minimum atomic E-state index is 0.864. The molecule has 0 amide bonds. The van der Waals surface area contributed by atoms with Crippen LogP contribution in [0.15, 0.2) is 0 Å². The molecule has 0 bridgehead atoms. The molecule has 1 saturated carbocycles. The molecule has 2 rings (SSSR count). The molecule has 1 aliphatic carbocycles. The van der Waals surface area contributed by atoms with Gasteiger partial charge in [0.1, 0.15) is 0 Å². The smallest absolute Gasteiger partial charge is 0.0519 e. The molecule has 0 aromatic carbocycles. The number of nitrogens with one attached hydrogen (secondary N) is 1. The first-order valence-corrected chi connectivity index (χ1v) is 5.14. The SMILES string of the molecule is CNCC(C1CCC1)C1COC1. The van der Waals surface area contributed by atoms with Crippen LogP contribution in [0.4, 0.5) is 0 Å². The molecule has 1 atom stereocenters. The lowest BCUT2D eigenvalue weighted by molar-refractivity contribution is -0.0804. The summed E-state index contributed by atoms with van der Waals surface area (Å²) >= 11 is 0. The average molecular weight is 169 g/mol. The van der Waals surface area contributed by atoms with Crippen LogP contribution in [0.1, 0.15) is 19.3 Å². The van der Waals surface area contributed by atoms with E-state index in [0.717, 1.165) is 31.0 Å². The van der Waals surface area contributed by atoms with Gasteiger partial charge in [0.15, 0.2) is 0 Å². The summed E-state index contributed by atoms with van der Waals surface area (Å²) in [6.07, 6.45) is 4.38. The van der Waals surface area contributed by atoms with Crippen molar-refractivity contribution >= 4 is 0 Å². The minimum Gasteiger partial charge on any atom is -0.381 e. The van der Waals surface area contributed by atoms with Crippen LogP contribution in [-0.4, -0.2) is 26.8 Å². The molecule has 70 valence electrons. The maximum Gasteiger partial charge on any atom is 0.0519 e. The van der Waals surface area contributed by atoms with Gasteiger partial charge in [-0.1, -0.05) is 19.3 Å². The molecule has 2 aliphatic rings. The van der Waals surface area contributed by atoms with E-state index in [1.165, 1.54) is 25.8 Å². The Morgan fingerprint density at radius 3 is 2.42 bits per heavy atom. The standard InChI is InChI=1S/C10H19NO/c1-11-5-10(8-3-2-4-8)9-6-12-7-9/h8-11H,2-7H2,1H3. The van der Waals surface area contributed by atoms with E-state index in [2.05, 4.69) is 12.4 Å². The largest absolute Gasteiger partial charge is 0.381 e. The molecule has 2 heteroatoms. The Morgan fingerprint density at radius 1 is 1.33 bits per heavy atom. The summed E-state index contributed by atoms with van der Waals surface area (Å²) in [7, 11) is 2.06. The maximum absolute atomic E-state index is 5.25. The zero-order valence-electron chi connectivity index (χ0n) is 7.88. The van der Waals surface area contributed by atoms with Crippen molar-refractivity contribution < 1.29 is 4.74 Å². The van der Waals surface area contributed by atoms with E-state index >= 15 is 0 Å². The highest BCUT2D eigenvalue weighted by Gasteiger charge is 2.36. The second kappa shape index (κ2) is 3.75. The van der Waals surface area contributed by atoms with Crippen LogP contribution in [0.5, 0.6) is 0 Å². The highest BCUT2D eigenvalue weighted by Crippen LogP contribution is 2.39. The van der Waals surface area contributed by atoms with Gasteiger partial charge >= 0.3 is 0 Å². The van der Waals surface area contributed by atoms with Gasteiger partial charge in [0.25, 0.3) is 0 Å². The van der Waals surface area contributed by atoms with Crippen LogP contribution in [-0.2, 0) is 4.74 Å². The van der Waals surface area contributed by atoms with Gasteiger partial charge in [-0.05, 0) is 25.4 Å². The van der Waals surface area contributed by atoms with Crippen molar-refractivity contribution in [2.45, 2.75) is 19.3 Å². The predicted octanol–water partition coefficient (Wildman–Crippen LogP) is 1.27. The lowest BCUT2D eigenvalue weighted by Gasteiger charge is -2.42. The van der Waals surface area contributed by atoms with Crippen molar-refractivity contribution in [3.05, 3.63) is 0 Å². The van der Waals surface area contributed by atoms with E-state index < -0.39 is 0 Å². The Balaban J connectivity index is 1.82. The van der Waals surface area contributed by atoms with Crippen LogP contribution < -0.4 is 5.32 Å². The first-order chi connectivity index (χ1) is 5.92. The van der Waals surface area contributed by atoms with Crippen LogP contribution in [0.2, 0.25) is 0 Å². The van der Waals surface area contributed by atoms with E-state index in [0.29, 0.717) is 0 Å². The third kappa shape index (κ3) is 1.50. The maximum atomic E-state index is 5.25. The van der Waals surface area contributed by atoms with Gasteiger partial charge in [-0.2, -0.15) is 0 Å². The molecule has 2 nitrogen and oxygen atoms in total. The van der Waals surface area contributed by atoms with Crippen molar-refractivity contribution in [1.29, 1.82) is 0 Å². The normalized spacial score (nSPS) is 27.8. The van der Waals surface area contributed by atoms with Gasteiger partial charge in [-0.3, -0.25) is 0 Å². The Morgan fingerprint density at radius 2 is 2.08 bits per heavy atom. The molecule has 1 N–H and O–H groups in total. The number of ether oxygens (including phenoxy) is 1. The predicted molar refractivity (Wildman–Crippen MR) is 49.1 cm³/mol. The van der Waals surface area contributed by atoms with Crippen LogP contribution in [0, 0.1) is 17.8 Å². The number of hydrogen-bond donors (Lipinski definition) is 1. The van der Waals surface area contributed by atoms with Gasteiger partial charge in [0, 0.05) is 5.92 Å². The van der Waals surface area contributed by atoms with Gasteiger partial charge in [-0.15, -0.1) is 0 Å². The molecule has 2 fully saturated rings. The molecule has 0 radical (unpaired) electrons. The third-order valence-electron chi connectivity index (χ3n) is 3.46. The Hall–Kier alpha value is -0.0800. The van der Waals surface area contributed by atoms with Crippen LogP contribution in [0.25, 0.3) is 0 Å². The van der Waals surface area contributed by atoms with Gasteiger partial charge in [0.05, 0.1) is 13.2 Å². The van der Waals surface area contributed by atoms with Crippen molar-refractivity contribution in [3.63, 3.8) is 0 Å². The zero-order chi connectivity index (χ0) is 8.39. The van der Waals surface area contributed by atoms with Crippen molar-refractivity contribution in [1.82, 2.24) is 5.32 Å². The van der Waals surface area contributed by atoms with E-state index in [-0.39, 0.29) is 0 Å². The molecular weight excluding hydrogens is 150 g/mol. The quantitative estimate of drug-likeness (QED) is 0.684. The summed E-state index contributed by atoms with van der Waals surface area (Å²) in [5, 5.41) is 3.31. The minimum absolute atomic E-state index is 0.864. The fraction of sp³-hybridized carbons (Fsp3) is 1.00. The molecule has 1 saturated heterocycles. The third-order valence-corrected chi connectivity index (χ3v) is 3.46. The zero-order valence-corrected chi connectivity index (χ0v) is 7.88. The fourth-order valence-electron chi connectivity index (χ4n) is 2.32. The molecule has 1 aliphatic heterocycles. The molecule has 0 spiro atoms. The van der Waals surface area contributed by atoms with Gasteiger partial charge in [-0.25, -0.2) is 0 Å². The van der Waals surface area contributed by atoms with Crippen LogP contribution in [0.3, 0.4) is 0 Å². The Bertz CT molecular complexity index is 127. The summed E-state index contributed by atoms with van der Waals surface area (Å²) < 4.78 is 5.25. The first-order valence-electron chi connectivity index (χ1n) is 5.14. The summed E-state index contributed by atoms with van der Waals surface area (Å²) in [4.78, 5) is 0. The summed E-state index contributed by atoms with van der Waals surface area (Å²) in [6, 6.07) is 0. The van der Waals surface area contributed by atoms with Crippen molar-refractivity contribution in [3.8, 4) is 0 Å². The van der Waals surface area contributed by atoms with Gasteiger partial charge in [0.2, 0.25) is 0 Å². The second-order valence-corrected chi connectivity index (χ2v) is 4.21. The molecular formula is C10H19NO. The summed E-state index contributed by atoms with van der Waals surface area (Å²) in [5.74, 6) is 2.77. The summed E-state index contributed by atoms with van der Waals surface area (Å²) in [6.45, 7) is 3.23.